The molecule has 2 aromatic rings. The number of hydrogen-bond acceptors (Lipinski definition) is 6. The summed E-state index contributed by atoms with van der Waals surface area (Å²) >= 11 is 1.49. The molecule has 0 atom stereocenters. The molecule has 9 heteroatoms. The molecule has 1 aromatic heterocycles. The number of benzene rings is 1. The Morgan fingerprint density at radius 3 is 2.55 bits per heavy atom. The minimum Gasteiger partial charge on any atom is -0.340 e. The average Bonchev–Trinajstić information content (AvgIpc) is 3.17. The number of rotatable bonds is 8. The Morgan fingerprint density at radius 1 is 1.21 bits per heavy atom. The van der Waals surface area contributed by atoms with E-state index >= 15 is 0 Å². The SMILES string of the molecule is CCCN(C(=O)CCSc1nnnn1C)C1CCN(C(=O)c2ccccc2)CC1. The summed E-state index contributed by atoms with van der Waals surface area (Å²) in [6.45, 7) is 4.22. The summed E-state index contributed by atoms with van der Waals surface area (Å²) in [4.78, 5) is 29.4. The molecule has 1 aliphatic rings. The van der Waals surface area contributed by atoms with Crippen LogP contribution in [0.3, 0.4) is 0 Å². The van der Waals surface area contributed by atoms with E-state index < -0.39 is 0 Å². The lowest BCUT2D eigenvalue weighted by Gasteiger charge is -2.38. The van der Waals surface area contributed by atoms with Crippen LogP contribution in [-0.2, 0) is 11.8 Å². The van der Waals surface area contributed by atoms with E-state index in [1.165, 1.54) is 11.8 Å². The fourth-order valence-corrected chi connectivity index (χ4v) is 4.39. The van der Waals surface area contributed by atoms with Crippen LogP contribution in [0.25, 0.3) is 0 Å². The summed E-state index contributed by atoms with van der Waals surface area (Å²) < 4.78 is 1.61. The molecule has 0 unspecified atom stereocenters. The number of piperidine rings is 1. The molecule has 3 rings (SSSR count). The number of hydrogen-bond donors (Lipinski definition) is 0. The van der Waals surface area contributed by atoms with Gasteiger partial charge in [-0.1, -0.05) is 36.9 Å². The first-order valence-corrected chi connectivity index (χ1v) is 11.1. The van der Waals surface area contributed by atoms with Gasteiger partial charge in [-0.15, -0.1) is 5.10 Å². The van der Waals surface area contributed by atoms with Crippen molar-refractivity contribution in [1.82, 2.24) is 30.0 Å². The van der Waals surface area contributed by atoms with Crippen molar-refractivity contribution < 1.29 is 9.59 Å². The largest absolute Gasteiger partial charge is 0.340 e. The van der Waals surface area contributed by atoms with E-state index in [1.807, 2.05) is 40.1 Å². The Labute approximate surface area is 175 Å². The Hall–Kier alpha value is -2.42. The highest BCUT2D eigenvalue weighted by Crippen LogP contribution is 2.21. The molecular formula is C20H28N6O2S. The van der Waals surface area contributed by atoms with Crippen LogP contribution in [0.15, 0.2) is 35.5 Å². The van der Waals surface area contributed by atoms with E-state index in [2.05, 4.69) is 22.4 Å². The van der Waals surface area contributed by atoms with Gasteiger partial charge in [-0.05, 0) is 41.8 Å². The number of likely N-dealkylation sites (tertiary alicyclic amines) is 1. The molecule has 8 nitrogen and oxygen atoms in total. The predicted molar refractivity (Wildman–Crippen MR) is 112 cm³/mol. The van der Waals surface area contributed by atoms with E-state index in [0.29, 0.717) is 30.4 Å². The molecule has 156 valence electrons. The molecule has 0 bridgehead atoms. The van der Waals surface area contributed by atoms with Crippen molar-refractivity contribution in [2.45, 2.75) is 43.8 Å². The van der Waals surface area contributed by atoms with Gasteiger partial charge in [-0.3, -0.25) is 9.59 Å². The summed E-state index contributed by atoms with van der Waals surface area (Å²) in [5.41, 5.74) is 0.725. The highest BCUT2D eigenvalue weighted by molar-refractivity contribution is 7.99. The molecule has 1 aromatic carbocycles. The summed E-state index contributed by atoms with van der Waals surface area (Å²) in [5, 5.41) is 12.1. The molecule has 0 N–H and O–H groups in total. The number of carbonyl (C=O) groups is 2. The van der Waals surface area contributed by atoms with E-state index in [-0.39, 0.29) is 17.9 Å². The Balaban J connectivity index is 1.51. The van der Waals surface area contributed by atoms with Crippen molar-refractivity contribution in [1.29, 1.82) is 0 Å². The minimum atomic E-state index is 0.0751. The molecule has 1 aliphatic heterocycles. The zero-order chi connectivity index (χ0) is 20.6. The van der Waals surface area contributed by atoms with Gasteiger partial charge in [-0.25, -0.2) is 4.68 Å². The Morgan fingerprint density at radius 2 is 1.93 bits per heavy atom. The lowest BCUT2D eigenvalue weighted by Crippen LogP contribution is -2.49. The fraction of sp³-hybridized carbons (Fsp3) is 0.550. The van der Waals surface area contributed by atoms with E-state index in [0.717, 1.165) is 31.4 Å². The maximum Gasteiger partial charge on any atom is 0.253 e. The number of aryl methyl sites for hydroxylation is 1. The van der Waals surface area contributed by atoms with Crippen LogP contribution in [0.5, 0.6) is 0 Å². The van der Waals surface area contributed by atoms with Gasteiger partial charge in [0.1, 0.15) is 0 Å². The molecule has 29 heavy (non-hydrogen) atoms. The third kappa shape index (κ3) is 5.56. The normalized spacial score (nSPS) is 14.8. The molecule has 0 spiro atoms. The molecular weight excluding hydrogens is 388 g/mol. The second-order valence-corrected chi connectivity index (χ2v) is 8.22. The molecule has 2 heterocycles. The lowest BCUT2D eigenvalue weighted by molar-refractivity contribution is -0.134. The molecule has 0 saturated carbocycles. The highest BCUT2D eigenvalue weighted by Gasteiger charge is 2.29. The van der Waals surface area contributed by atoms with Crippen LogP contribution < -0.4 is 0 Å². The van der Waals surface area contributed by atoms with E-state index in [9.17, 15) is 9.59 Å². The van der Waals surface area contributed by atoms with E-state index in [1.54, 1.807) is 11.7 Å². The smallest absolute Gasteiger partial charge is 0.253 e. The number of thioether (sulfide) groups is 1. The first kappa shape index (κ1) is 21.3. The summed E-state index contributed by atoms with van der Waals surface area (Å²) in [6, 6.07) is 9.59. The second kappa shape index (κ2) is 10.4. The van der Waals surface area contributed by atoms with Gasteiger partial charge < -0.3 is 9.80 Å². The topological polar surface area (TPSA) is 84.2 Å². The van der Waals surface area contributed by atoms with Gasteiger partial charge in [0.2, 0.25) is 11.1 Å². The van der Waals surface area contributed by atoms with Gasteiger partial charge in [0.25, 0.3) is 5.91 Å². The van der Waals surface area contributed by atoms with Crippen LogP contribution in [0, 0.1) is 0 Å². The number of carbonyl (C=O) groups excluding carboxylic acids is 2. The third-order valence-electron chi connectivity index (χ3n) is 5.13. The predicted octanol–water partition coefficient (Wildman–Crippen LogP) is 2.24. The third-order valence-corrected chi connectivity index (χ3v) is 6.14. The van der Waals surface area contributed by atoms with Crippen LogP contribution >= 0.6 is 11.8 Å². The number of aromatic nitrogens is 4. The van der Waals surface area contributed by atoms with Gasteiger partial charge in [0.05, 0.1) is 0 Å². The molecule has 2 amide bonds. The second-order valence-electron chi connectivity index (χ2n) is 7.16. The standard InChI is InChI=1S/C20H28N6O2S/c1-3-12-26(18(27)11-15-29-20-21-22-23-24(20)2)17-9-13-25(14-10-17)19(28)16-7-5-4-6-8-16/h4-8,17H,3,9-15H2,1-2H3. The van der Waals surface area contributed by atoms with Crippen molar-refractivity contribution in [3.05, 3.63) is 35.9 Å². The molecule has 0 aliphatic carbocycles. The maximum atomic E-state index is 12.9. The first-order chi connectivity index (χ1) is 14.1. The summed E-state index contributed by atoms with van der Waals surface area (Å²) in [5.74, 6) is 0.895. The Bertz CT molecular complexity index is 804. The molecule has 1 fully saturated rings. The van der Waals surface area contributed by atoms with Crippen molar-refractivity contribution in [3.8, 4) is 0 Å². The van der Waals surface area contributed by atoms with Crippen molar-refractivity contribution in [3.63, 3.8) is 0 Å². The molecule has 1 saturated heterocycles. The van der Waals surface area contributed by atoms with Crippen LogP contribution in [0.2, 0.25) is 0 Å². The first-order valence-electron chi connectivity index (χ1n) is 10.1. The lowest BCUT2D eigenvalue weighted by atomic mass is 10.0. The Kier molecular flexibility index (Phi) is 7.62. The summed E-state index contributed by atoms with van der Waals surface area (Å²) in [6.07, 6.45) is 3.03. The highest BCUT2D eigenvalue weighted by atomic mass is 32.2. The van der Waals surface area contributed by atoms with Gasteiger partial charge >= 0.3 is 0 Å². The monoisotopic (exact) mass is 416 g/mol. The zero-order valence-electron chi connectivity index (χ0n) is 17.0. The fourth-order valence-electron chi connectivity index (χ4n) is 3.61. The summed E-state index contributed by atoms with van der Waals surface area (Å²) in [7, 11) is 1.79. The van der Waals surface area contributed by atoms with Crippen LogP contribution in [0.1, 0.15) is 43.0 Å². The van der Waals surface area contributed by atoms with Crippen molar-refractivity contribution in [2.24, 2.45) is 7.05 Å². The van der Waals surface area contributed by atoms with Crippen molar-refractivity contribution in [2.75, 3.05) is 25.4 Å². The van der Waals surface area contributed by atoms with Gasteiger partial charge in [-0.2, -0.15) is 0 Å². The average molecular weight is 417 g/mol. The number of nitrogens with zero attached hydrogens (tertiary/aromatic N) is 6. The van der Waals surface area contributed by atoms with Crippen LogP contribution in [-0.4, -0.2) is 73.3 Å². The van der Waals surface area contributed by atoms with Crippen molar-refractivity contribution >= 4 is 23.6 Å². The zero-order valence-corrected chi connectivity index (χ0v) is 17.8. The minimum absolute atomic E-state index is 0.0751. The number of tetrazole rings is 1. The van der Waals surface area contributed by atoms with Gasteiger partial charge in [0.15, 0.2) is 0 Å². The van der Waals surface area contributed by atoms with E-state index in [4.69, 9.17) is 0 Å². The number of amides is 2. The maximum absolute atomic E-state index is 12.9. The van der Waals surface area contributed by atoms with Crippen LogP contribution in [0.4, 0.5) is 0 Å². The molecule has 0 radical (unpaired) electrons. The quantitative estimate of drug-likeness (QED) is 0.614. The van der Waals surface area contributed by atoms with Gasteiger partial charge in [0, 0.05) is 50.5 Å².